The summed E-state index contributed by atoms with van der Waals surface area (Å²) in [5, 5.41) is 8.85. The van der Waals surface area contributed by atoms with Crippen molar-refractivity contribution in [1.29, 1.82) is 0 Å². The number of hydrogen-bond acceptors (Lipinski definition) is 2. The molecular weight excluding hydrogens is 273 g/mol. The molecule has 0 aromatic rings. The molecule has 0 radical (unpaired) electrons. The molecule has 4 nitrogen and oxygen atoms in total. The zero-order valence-electron chi connectivity index (χ0n) is 11.4. The van der Waals surface area contributed by atoms with E-state index in [0.717, 1.165) is 0 Å². The Morgan fingerprint density at radius 1 is 1.45 bits per heavy atom. The maximum atomic E-state index is 13.1. The van der Waals surface area contributed by atoms with Crippen LogP contribution in [0.1, 0.15) is 33.1 Å². The van der Waals surface area contributed by atoms with E-state index in [1.807, 2.05) is 0 Å². The Morgan fingerprint density at radius 2 is 2.00 bits per heavy atom. The molecule has 0 bridgehead atoms. The molecule has 1 aliphatic rings. The largest absolute Gasteiger partial charge is 0.481 e. The molecule has 1 fully saturated rings. The van der Waals surface area contributed by atoms with Crippen molar-refractivity contribution in [1.82, 2.24) is 0 Å². The zero-order valence-corrected chi connectivity index (χ0v) is 11.4. The first-order valence-corrected chi connectivity index (χ1v) is 6.10. The van der Waals surface area contributed by atoms with Gasteiger partial charge in [0.25, 0.3) is 0 Å². The maximum Gasteiger partial charge on any atom is 0.395 e. The van der Waals surface area contributed by atoms with Gasteiger partial charge in [0.2, 0.25) is 0 Å². The van der Waals surface area contributed by atoms with E-state index in [2.05, 4.69) is 16.7 Å². The first kappa shape index (κ1) is 16.4. The van der Waals surface area contributed by atoms with Crippen LogP contribution in [0.15, 0.2) is 21.8 Å². The van der Waals surface area contributed by atoms with Crippen LogP contribution in [-0.2, 0) is 4.79 Å². The number of aliphatic carboxylic acids is 1. The molecule has 0 aliphatic heterocycles. The van der Waals surface area contributed by atoms with E-state index in [4.69, 9.17) is 5.11 Å². The van der Waals surface area contributed by atoms with Crippen LogP contribution < -0.4 is 0 Å². The van der Waals surface area contributed by atoms with E-state index in [-0.39, 0.29) is 12.8 Å². The lowest BCUT2D eigenvalue weighted by Crippen LogP contribution is -2.34. The van der Waals surface area contributed by atoms with Gasteiger partial charge in [-0.1, -0.05) is 5.57 Å². The smallest absolute Gasteiger partial charge is 0.395 e. The molecule has 0 saturated heterocycles. The minimum Gasteiger partial charge on any atom is -0.481 e. The maximum absolute atomic E-state index is 13.1. The third-order valence-corrected chi connectivity index (χ3v) is 3.63. The van der Waals surface area contributed by atoms with Crippen LogP contribution in [0, 0.1) is 11.3 Å². The SMILES string of the molecule is C=N/C(C)=N\C=C(/C)[C@@H](CC(=O)O)C1(C(F)(F)F)CC1. The number of allylic oxidation sites excluding steroid dienone is 1. The monoisotopic (exact) mass is 290 g/mol. The van der Waals surface area contributed by atoms with Crippen molar-refractivity contribution in [2.24, 2.45) is 21.3 Å². The van der Waals surface area contributed by atoms with Gasteiger partial charge in [0.1, 0.15) is 5.84 Å². The van der Waals surface area contributed by atoms with Gasteiger partial charge >= 0.3 is 12.1 Å². The van der Waals surface area contributed by atoms with E-state index in [0.29, 0.717) is 11.4 Å². The van der Waals surface area contributed by atoms with Gasteiger partial charge in [0.15, 0.2) is 0 Å². The zero-order chi connectivity index (χ0) is 15.6. The van der Waals surface area contributed by atoms with Crippen molar-refractivity contribution in [3.8, 4) is 0 Å². The van der Waals surface area contributed by atoms with Crippen LogP contribution in [0.3, 0.4) is 0 Å². The third kappa shape index (κ3) is 3.46. The highest BCUT2D eigenvalue weighted by molar-refractivity contribution is 5.84. The third-order valence-electron chi connectivity index (χ3n) is 3.63. The summed E-state index contributed by atoms with van der Waals surface area (Å²) in [5.74, 6) is -2.03. The van der Waals surface area contributed by atoms with E-state index >= 15 is 0 Å². The topological polar surface area (TPSA) is 62.0 Å². The standard InChI is InChI=1S/C13H17F3N2O2/c1-8(7-18-9(2)17-3)10(6-11(19)20)12(4-5-12)13(14,15)16/h7,10H,3-6H2,1-2H3,(H,19,20)/b8-7+,18-9-/t10-/m1/s1. The molecule has 0 spiro atoms. The number of alkyl halides is 3. The molecule has 1 atom stereocenters. The second-order valence-corrected chi connectivity index (χ2v) is 5.01. The molecule has 0 aromatic heterocycles. The minimum absolute atomic E-state index is 0.0397. The molecule has 0 heterocycles. The quantitative estimate of drug-likeness (QED) is 0.622. The van der Waals surface area contributed by atoms with Crippen LogP contribution in [0.5, 0.6) is 0 Å². The van der Waals surface area contributed by atoms with Crippen molar-refractivity contribution in [2.45, 2.75) is 39.3 Å². The number of halogens is 3. The first-order valence-electron chi connectivity index (χ1n) is 6.10. The molecule has 7 heteroatoms. The van der Waals surface area contributed by atoms with Crippen LogP contribution in [0.25, 0.3) is 0 Å². The van der Waals surface area contributed by atoms with Gasteiger partial charge in [-0.3, -0.25) is 4.79 Å². The van der Waals surface area contributed by atoms with Crippen molar-refractivity contribution in [2.75, 3.05) is 0 Å². The van der Waals surface area contributed by atoms with Gasteiger partial charge in [0, 0.05) is 12.1 Å². The first-order chi connectivity index (χ1) is 9.14. The molecule has 1 aliphatic carbocycles. The highest BCUT2D eigenvalue weighted by Gasteiger charge is 2.67. The predicted molar refractivity (Wildman–Crippen MR) is 69.9 cm³/mol. The molecule has 0 aromatic carbocycles. The molecule has 0 unspecified atom stereocenters. The van der Waals surface area contributed by atoms with E-state index < -0.39 is 29.9 Å². The van der Waals surface area contributed by atoms with Crippen molar-refractivity contribution >= 4 is 18.5 Å². The van der Waals surface area contributed by atoms with Gasteiger partial charge in [-0.25, -0.2) is 9.98 Å². The van der Waals surface area contributed by atoms with E-state index in [1.54, 1.807) is 6.92 Å². The number of nitrogens with zero attached hydrogens (tertiary/aromatic N) is 2. The van der Waals surface area contributed by atoms with Crippen LogP contribution >= 0.6 is 0 Å². The number of rotatable bonds is 5. The molecular formula is C13H17F3N2O2. The molecule has 1 rings (SSSR count). The number of carboxylic acid groups (broad SMARTS) is 1. The summed E-state index contributed by atoms with van der Waals surface area (Å²) in [4.78, 5) is 18.2. The number of carboxylic acids is 1. The highest BCUT2D eigenvalue weighted by Crippen LogP contribution is 2.64. The highest BCUT2D eigenvalue weighted by atomic mass is 19.4. The Hall–Kier alpha value is -1.66. The van der Waals surface area contributed by atoms with Crippen LogP contribution in [0.2, 0.25) is 0 Å². The Bertz CT molecular complexity index is 463. The second-order valence-electron chi connectivity index (χ2n) is 5.01. The normalized spacial score (nSPS) is 20.4. The average Bonchev–Trinajstić information content (AvgIpc) is 3.12. The van der Waals surface area contributed by atoms with Crippen molar-refractivity contribution in [3.63, 3.8) is 0 Å². The summed E-state index contributed by atoms with van der Waals surface area (Å²) in [6.45, 7) is 6.27. The van der Waals surface area contributed by atoms with E-state index in [9.17, 15) is 18.0 Å². The molecule has 1 saturated carbocycles. The predicted octanol–water partition coefficient (Wildman–Crippen LogP) is 3.44. The van der Waals surface area contributed by atoms with Gasteiger partial charge in [-0.2, -0.15) is 13.2 Å². The number of amidine groups is 1. The Kier molecular flexibility index (Phi) is 4.73. The fraction of sp³-hybridized carbons (Fsp3) is 0.615. The lowest BCUT2D eigenvalue weighted by Gasteiger charge is -2.28. The number of aliphatic imine (C=N–C) groups is 2. The second kappa shape index (κ2) is 5.76. The summed E-state index contributed by atoms with van der Waals surface area (Å²) in [7, 11) is 0. The van der Waals surface area contributed by atoms with Crippen LogP contribution in [0.4, 0.5) is 13.2 Å². The average molecular weight is 290 g/mol. The summed E-state index contributed by atoms with van der Waals surface area (Å²) >= 11 is 0. The molecule has 112 valence electrons. The fourth-order valence-corrected chi connectivity index (χ4v) is 2.26. The van der Waals surface area contributed by atoms with E-state index in [1.165, 1.54) is 13.1 Å². The molecule has 20 heavy (non-hydrogen) atoms. The van der Waals surface area contributed by atoms with Gasteiger partial charge < -0.3 is 5.11 Å². The fourth-order valence-electron chi connectivity index (χ4n) is 2.26. The van der Waals surface area contributed by atoms with Gasteiger partial charge in [-0.15, -0.1) is 0 Å². The lowest BCUT2D eigenvalue weighted by molar-refractivity contribution is -0.200. The Balaban J connectivity index is 3.08. The van der Waals surface area contributed by atoms with Crippen LogP contribution in [-0.4, -0.2) is 29.8 Å². The number of carbonyl (C=O) groups is 1. The lowest BCUT2D eigenvalue weighted by atomic mass is 9.81. The van der Waals surface area contributed by atoms with Crippen molar-refractivity contribution < 1.29 is 23.1 Å². The Morgan fingerprint density at radius 3 is 2.35 bits per heavy atom. The summed E-state index contributed by atoms with van der Waals surface area (Å²) < 4.78 is 39.4. The molecule has 0 amide bonds. The molecule has 1 N–H and O–H groups in total. The summed E-state index contributed by atoms with van der Waals surface area (Å²) in [6, 6.07) is 0. The number of hydrogen-bond donors (Lipinski definition) is 1. The Labute approximate surface area is 115 Å². The summed E-state index contributed by atoms with van der Waals surface area (Å²) in [6.07, 6.45) is -3.79. The van der Waals surface area contributed by atoms with Gasteiger partial charge in [0.05, 0.1) is 11.8 Å². The minimum atomic E-state index is -4.41. The van der Waals surface area contributed by atoms with Gasteiger partial charge in [-0.05, 0) is 33.4 Å². The summed E-state index contributed by atoms with van der Waals surface area (Å²) in [5.41, 5.74) is -1.62. The van der Waals surface area contributed by atoms with Crippen molar-refractivity contribution in [3.05, 3.63) is 11.8 Å².